The molecule has 2 bridgehead atoms. The fraction of sp³-hybridized carbons (Fsp3) is 0.542. The number of imide groups is 1. The number of hydrogen-bond acceptors (Lipinski definition) is 3. The van der Waals surface area contributed by atoms with Gasteiger partial charge in [0.15, 0.2) is 0 Å². The van der Waals surface area contributed by atoms with E-state index in [1.54, 1.807) is 4.90 Å². The second kappa shape index (κ2) is 6.78. The molecule has 6 heteroatoms. The SMILES string of the molecule is O=C(Nc1ccc(Br)cc1)C1CCC(N2C(=O)[C@@H]3[C@H]4C=C[C@H]([C@H]5C[C@H]45)[C@@H]3C2=O)CC1. The number of hydrogen-bond donors (Lipinski definition) is 1. The van der Waals surface area contributed by atoms with Gasteiger partial charge in [-0.1, -0.05) is 28.1 Å². The predicted octanol–water partition coefficient (Wildman–Crippen LogP) is 4.00. The molecule has 3 saturated carbocycles. The van der Waals surface area contributed by atoms with Crippen LogP contribution in [-0.2, 0) is 14.4 Å². The van der Waals surface area contributed by atoms with Crippen molar-refractivity contribution in [3.63, 3.8) is 0 Å². The molecule has 3 amide bonds. The van der Waals surface area contributed by atoms with E-state index in [-0.39, 0.29) is 53.4 Å². The molecule has 6 aliphatic rings. The van der Waals surface area contributed by atoms with Gasteiger partial charge in [0.25, 0.3) is 0 Å². The second-order valence-electron chi connectivity index (χ2n) is 9.70. The fourth-order valence-corrected chi connectivity index (χ4v) is 6.98. The molecule has 0 aromatic heterocycles. The molecule has 1 aromatic rings. The van der Waals surface area contributed by atoms with E-state index < -0.39 is 0 Å². The highest BCUT2D eigenvalue weighted by atomic mass is 79.9. The molecule has 1 heterocycles. The Labute approximate surface area is 184 Å². The lowest BCUT2D eigenvalue weighted by Gasteiger charge is -2.37. The first kappa shape index (κ1) is 18.8. The van der Waals surface area contributed by atoms with Crippen LogP contribution in [0.5, 0.6) is 0 Å². The van der Waals surface area contributed by atoms with Gasteiger partial charge in [-0.25, -0.2) is 0 Å². The standard InChI is InChI=1S/C24H25BrN2O3/c25-13-3-5-14(6-4-13)26-22(28)12-1-7-15(8-2-12)27-23(29)20-16-9-10-17(19-11-18(16)19)21(20)24(27)30/h3-6,9-10,12,15-21H,1-2,7-8,11H2,(H,26,28)/t12?,15?,16-,17+,18-,19-,20+,21-/m1/s1. The molecule has 1 aliphatic heterocycles. The Morgan fingerprint density at radius 3 is 2.03 bits per heavy atom. The van der Waals surface area contributed by atoms with Gasteiger partial charge in [-0.2, -0.15) is 0 Å². The van der Waals surface area contributed by atoms with Gasteiger partial charge in [-0.15, -0.1) is 0 Å². The largest absolute Gasteiger partial charge is 0.326 e. The third kappa shape index (κ3) is 2.75. The van der Waals surface area contributed by atoms with Crippen molar-refractivity contribution in [2.45, 2.75) is 38.1 Å². The molecule has 1 N–H and O–H groups in total. The van der Waals surface area contributed by atoms with Gasteiger partial charge >= 0.3 is 0 Å². The predicted molar refractivity (Wildman–Crippen MR) is 115 cm³/mol. The Morgan fingerprint density at radius 1 is 0.900 bits per heavy atom. The molecule has 30 heavy (non-hydrogen) atoms. The maximum absolute atomic E-state index is 13.3. The van der Waals surface area contributed by atoms with Crippen molar-refractivity contribution in [2.24, 2.45) is 41.4 Å². The van der Waals surface area contributed by atoms with Crippen molar-refractivity contribution in [3.8, 4) is 0 Å². The number of anilines is 1. The summed E-state index contributed by atoms with van der Waals surface area (Å²) in [5, 5.41) is 3.00. The topological polar surface area (TPSA) is 66.5 Å². The van der Waals surface area contributed by atoms with Crippen LogP contribution >= 0.6 is 15.9 Å². The van der Waals surface area contributed by atoms with Crippen LogP contribution in [0.25, 0.3) is 0 Å². The molecule has 156 valence electrons. The van der Waals surface area contributed by atoms with Crippen molar-refractivity contribution in [1.82, 2.24) is 4.90 Å². The van der Waals surface area contributed by atoms with Crippen LogP contribution in [0.2, 0.25) is 0 Å². The molecule has 5 aliphatic carbocycles. The van der Waals surface area contributed by atoms with E-state index in [2.05, 4.69) is 33.4 Å². The van der Waals surface area contributed by atoms with E-state index in [4.69, 9.17) is 0 Å². The summed E-state index contributed by atoms with van der Waals surface area (Å²) < 4.78 is 0.975. The van der Waals surface area contributed by atoms with Gasteiger partial charge in [-0.05, 0) is 80.0 Å². The number of benzene rings is 1. The van der Waals surface area contributed by atoms with E-state index in [0.717, 1.165) is 35.8 Å². The number of allylic oxidation sites excluding steroid dienone is 2. The molecular weight excluding hydrogens is 444 g/mol. The molecule has 1 aromatic carbocycles. The first-order chi connectivity index (χ1) is 14.5. The van der Waals surface area contributed by atoms with Crippen molar-refractivity contribution in [2.75, 3.05) is 5.32 Å². The van der Waals surface area contributed by atoms with Gasteiger partial charge < -0.3 is 5.32 Å². The average molecular weight is 469 g/mol. The monoisotopic (exact) mass is 468 g/mol. The van der Waals surface area contributed by atoms with Gasteiger partial charge in [0.05, 0.1) is 11.8 Å². The third-order valence-electron chi connectivity index (χ3n) is 8.24. The first-order valence-corrected chi connectivity index (χ1v) is 11.9. The highest BCUT2D eigenvalue weighted by Gasteiger charge is 2.67. The minimum Gasteiger partial charge on any atom is -0.326 e. The number of likely N-dealkylation sites (tertiary alicyclic amines) is 1. The maximum Gasteiger partial charge on any atom is 0.233 e. The van der Waals surface area contributed by atoms with E-state index in [1.165, 1.54) is 6.42 Å². The summed E-state index contributed by atoms with van der Waals surface area (Å²) in [5.74, 6) is 1.70. The van der Waals surface area contributed by atoms with Gasteiger partial charge in [0.2, 0.25) is 17.7 Å². The Kier molecular flexibility index (Phi) is 4.24. The van der Waals surface area contributed by atoms with Crippen molar-refractivity contribution >= 4 is 39.3 Å². The molecule has 0 spiro atoms. The lowest BCUT2D eigenvalue weighted by Crippen LogP contribution is -2.44. The smallest absolute Gasteiger partial charge is 0.233 e. The number of carbonyl (C=O) groups excluding carboxylic acids is 3. The van der Waals surface area contributed by atoms with Crippen LogP contribution in [0.4, 0.5) is 5.69 Å². The van der Waals surface area contributed by atoms with Crippen LogP contribution in [0.3, 0.4) is 0 Å². The van der Waals surface area contributed by atoms with Crippen LogP contribution < -0.4 is 5.32 Å². The number of carbonyl (C=O) groups is 3. The second-order valence-corrected chi connectivity index (χ2v) is 10.6. The summed E-state index contributed by atoms with van der Waals surface area (Å²) in [5.41, 5.74) is 0.792. The molecule has 1 saturated heterocycles. The normalized spacial score (nSPS) is 40.9. The zero-order chi connectivity index (χ0) is 20.6. The number of rotatable bonds is 3. The molecule has 6 atom stereocenters. The Morgan fingerprint density at radius 2 is 1.47 bits per heavy atom. The van der Waals surface area contributed by atoms with Crippen molar-refractivity contribution in [3.05, 3.63) is 40.9 Å². The minimum absolute atomic E-state index is 0.0332. The van der Waals surface area contributed by atoms with Crippen molar-refractivity contribution < 1.29 is 14.4 Å². The number of halogens is 1. The van der Waals surface area contributed by atoms with Crippen molar-refractivity contribution in [1.29, 1.82) is 0 Å². The summed E-state index contributed by atoms with van der Waals surface area (Å²) in [7, 11) is 0. The first-order valence-electron chi connectivity index (χ1n) is 11.1. The summed E-state index contributed by atoms with van der Waals surface area (Å²) >= 11 is 3.40. The lowest BCUT2D eigenvalue weighted by atomic mass is 9.63. The van der Waals surface area contributed by atoms with Crippen LogP contribution in [0.15, 0.2) is 40.9 Å². The van der Waals surface area contributed by atoms with Gasteiger partial charge in [0, 0.05) is 22.1 Å². The van der Waals surface area contributed by atoms with Crippen LogP contribution in [0.1, 0.15) is 32.1 Å². The minimum atomic E-state index is -0.116. The number of amides is 3. The van der Waals surface area contributed by atoms with E-state index in [0.29, 0.717) is 11.8 Å². The average Bonchev–Trinajstić information content (AvgIpc) is 3.53. The maximum atomic E-state index is 13.3. The van der Waals surface area contributed by atoms with Gasteiger partial charge in [0.1, 0.15) is 0 Å². The number of nitrogens with one attached hydrogen (secondary N) is 1. The molecule has 0 radical (unpaired) electrons. The lowest BCUT2D eigenvalue weighted by molar-refractivity contribution is -0.144. The summed E-state index contributed by atoms with van der Waals surface area (Å²) in [6.07, 6.45) is 8.52. The summed E-state index contributed by atoms with van der Waals surface area (Å²) in [6, 6.07) is 7.53. The van der Waals surface area contributed by atoms with E-state index in [9.17, 15) is 14.4 Å². The zero-order valence-corrected chi connectivity index (χ0v) is 18.3. The Balaban J connectivity index is 1.11. The Bertz CT molecular complexity index is 914. The highest BCUT2D eigenvalue weighted by Crippen LogP contribution is 2.65. The molecule has 7 rings (SSSR count). The summed E-state index contributed by atoms with van der Waals surface area (Å²) in [6.45, 7) is 0. The number of nitrogens with zero attached hydrogens (tertiary/aromatic N) is 1. The van der Waals surface area contributed by atoms with E-state index in [1.807, 2.05) is 24.3 Å². The summed E-state index contributed by atoms with van der Waals surface area (Å²) in [4.78, 5) is 40.8. The Hall–Kier alpha value is -1.95. The van der Waals surface area contributed by atoms with Crippen LogP contribution in [0, 0.1) is 41.4 Å². The zero-order valence-electron chi connectivity index (χ0n) is 16.7. The molecule has 5 nitrogen and oxygen atoms in total. The van der Waals surface area contributed by atoms with Gasteiger partial charge in [-0.3, -0.25) is 19.3 Å². The molecule has 4 fully saturated rings. The quantitative estimate of drug-likeness (QED) is 0.538. The fourth-order valence-electron chi connectivity index (χ4n) is 6.71. The third-order valence-corrected chi connectivity index (χ3v) is 8.77. The van der Waals surface area contributed by atoms with Crippen LogP contribution in [-0.4, -0.2) is 28.7 Å². The molecule has 0 unspecified atom stereocenters. The highest BCUT2D eigenvalue weighted by molar-refractivity contribution is 9.10. The van der Waals surface area contributed by atoms with E-state index >= 15 is 0 Å². The molecular formula is C24H25BrN2O3.